The highest BCUT2D eigenvalue weighted by molar-refractivity contribution is 5.97. The van der Waals surface area contributed by atoms with Gasteiger partial charge in [0.2, 0.25) is 23.6 Å². The van der Waals surface area contributed by atoms with Crippen LogP contribution >= 0.6 is 0 Å². The van der Waals surface area contributed by atoms with Crippen molar-refractivity contribution in [1.29, 1.82) is 0 Å². The highest BCUT2D eigenvalue weighted by Gasteiger charge is 2.40. The summed E-state index contributed by atoms with van der Waals surface area (Å²) in [5.41, 5.74) is 0.875. The van der Waals surface area contributed by atoms with E-state index in [-0.39, 0.29) is 30.4 Å². The second kappa shape index (κ2) is 13.3. The van der Waals surface area contributed by atoms with Crippen LogP contribution in [0, 0.1) is 0 Å². The molecule has 4 N–H and O–H groups in total. The quantitative estimate of drug-likeness (QED) is 0.355. The highest BCUT2D eigenvalue weighted by Crippen LogP contribution is 2.21. The SMILES string of the molecule is C[C@@H](O)C(=O)CCCCC[C@@H]1NC(=O)[C@H]2CCCN2C(=O)C(Cc2ccccc2)NC(=O)[C@@H](C)NC1=O. The molecule has 1 unspecified atom stereocenters. The van der Waals surface area contributed by atoms with Crippen molar-refractivity contribution in [2.75, 3.05) is 6.54 Å². The normalized spacial score (nSPS) is 25.8. The van der Waals surface area contributed by atoms with Crippen molar-refractivity contribution in [3.8, 4) is 0 Å². The number of hydrogen-bond donors (Lipinski definition) is 4. The average Bonchev–Trinajstić information content (AvgIpc) is 3.36. The van der Waals surface area contributed by atoms with Gasteiger partial charge in [0, 0.05) is 19.4 Å². The third kappa shape index (κ3) is 7.85. The third-order valence-corrected chi connectivity index (χ3v) is 7.00. The Bertz CT molecular complexity index is 982. The highest BCUT2D eigenvalue weighted by atomic mass is 16.3. The van der Waals surface area contributed by atoms with Crippen LogP contribution in [0.3, 0.4) is 0 Å². The molecule has 2 fully saturated rings. The van der Waals surface area contributed by atoms with Crippen molar-refractivity contribution < 1.29 is 29.1 Å². The zero-order valence-electron chi connectivity index (χ0n) is 21.6. The lowest BCUT2D eigenvalue weighted by atomic mass is 10.0. The Morgan fingerprint density at radius 2 is 1.68 bits per heavy atom. The zero-order chi connectivity index (χ0) is 26.9. The van der Waals surface area contributed by atoms with E-state index in [1.165, 1.54) is 11.8 Å². The van der Waals surface area contributed by atoms with Gasteiger partial charge in [-0.05, 0) is 45.1 Å². The van der Waals surface area contributed by atoms with E-state index in [1.54, 1.807) is 6.92 Å². The standard InChI is InChI=1S/C27H38N4O6/c1-17-24(34)30-21(16-19-10-5-3-6-11-19)27(37)31-15-9-13-22(31)26(36)29-20(25(35)28-17)12-7-4-8-14-23(33)18(2)32/h3,5-6,10-11,17-18,20-22,32H,4,7-9,12-16H2,1-2H3,(H,28,35)(H,29,36)(H,30,34)/t17-,18-,20+,21?,22-/m1/s1. The lowest BCUT2D eigenvalue weighted by Gasteiger charge is -2.32. The molecule has 2 saturated heterocycles. The molecule has 0 spiro atoms. The molecule has 1 aromatic carbocycles. The predicted molar refractivity (Wildman–Crippen MR) is 136 cm³/mol. The molecule has 2 aliphatic heterocycles. The van der Waals surface area contributed by atoms with Crippen molar-refractivity contribution in [3.05, 3.63) is 35.9 Å². The van der Waals surface area contributed by atoms with Crippen molar-refractivity contribution in [1.82, 2.24) is 20.9 Å². The number of carbonyl (C=O) groups is 5. The average molecular weight is 515 g/mol. The molecule has 10 nitrogen and oxygen atoms in total. The van der Waals surface area contributed by atoms with Gasteiger partial charge in [0.25, 0.3) is 0 Å². The monoisotopic (exact) mass is 514 g/mol. The van der Waals surface area contributed by atoms with Gasteiger partial charge in [-0.25, -0.2) is 0 Å². The summed E-state index contributed by atoms with van der Waals surface area (Å²) in [6.07, 6.45) is 2.77. The number of benzene rings is 1. The summed E-state index contributed by atoms with van der Waals surface area (Å²) in [6, 6.07) is 5.99. The van der Waals surface area contributed by atoms with Gasteiger partial charge < -0.3 is 26.0 Å². The van der Waals surface area contributed by atoms with Crippen LogP contribution in [0.25, 0.3) is 0 Å². The zero-order valence-corrected chi connectivity index (χ0v) is 21.6. The van der Waals surface area contributed by atoms with Gasteiger partial charge in [0.05, 0.1) is 0 Å². The Morgan fingerprint density at radius 1 is 0.973 bits per heavy atom. The van der Waals surface area contributed by atoms with Crippen LogP contribution in [0.5, 0.6) is 0 Å². The van der Waals surface area contributed by atoms with Crippen LogP contribution in [-0.4, -0.2) is 76.2 Å². The number of unbranched alkanes of at least 4 members (excludes halogenated alkanes) is 2. The van der Waals surface area contributed by atoms with Crippen molar-refractivity contribution in [2.45, 2.75) is 95.5 Å². The molecule has 2 aliphatic rings. The summed E-state index contributed by atoms with van der Waals surface area (Å²) in [4.78, 5) is 65.9. The Kier molecular flexibility index (Phi) is 10.2. The number of nitrogens with one attached hydrogen (secondary N) is 3. The second-order valence-electron chi connectivity index (χ2n) is 9.97. The summed E-state index contributed by atoms with van der Waals surface area (Å²) in [6.45, 7) is 3.38. The van der Waals surface area contributed by atoms with Gasteiger partial charge in [-0.2, -0.15) is 0 Å². The number of rotatable bonds is 9. The molecule has 5 atom stereocenters. The van der Waals surface area contributed by atoms with Crippen LogP contribution in [-0.2, 0) is 30.4 Å². The number of aliphatic hydroxyl groups is 1. The minimum atomic E-state index is -0.992. The van der Waals surface area contributed by atoms with Gasteiger partial charge in [-0.15, -0.1) is 0 Å². The van der Waals surface area contributed by atoms with E-state index >= 15 is 0 Å². The Balaban J connectivity index is 1.73. The first-order chi connectivity index (χ1) is 17.7. The molecule has 0 radical (unpaired) electrons. The number of amides is 4. The Morgan fingerprint density at radius 3 is 2.38 bits per heavy atom. The second-order valence-corrected chi connectivity index (χ2v) is 9.97. The van der Waals surface area contributed by atoms with E-state index in [9.17, 15) is 29.1 Å². The maximum absolute atomic E-state index is 13.5. The molecule has 4 amide bonds. The number of nitrogens with zero attached hydrogens (tertiary/aromatic N) is 1. The first-order valence-electron chi connectivity index (χ1n) is 13.1. The summed E-state index contributed by atoms with van der Waals surface area (Å²) in [5, 5.41) is 17.6. The van der Waals surface area contributed by atoms with Crippen molar-refractivity contribution in [3.63, 3.8) is 0 Å². The molecule has 37 heavy (non-hydrogen) atoms. The molecule has 202 valence electrons. The number of aliphatic hydroxyl groups excluding tert-OH is 1. The molecule has 3 rings (SSSR count). The van der Waals surface area contributed by atoms with Gasteiger partial charge >= 0.3 is 0 Å². The van der Waals surface area contributed by atoms with E-state index in [2.05, 4.69) is 16.0 Å². The van der Waals surface area contributed by atoms with E-state index in [0.717, 1.165) is 5.56 Å². The van der Waals surface area contributed by atoms with Gasteiger partial charge in [0.15, 0.2) is 5.78 Å². The number of fused-ring (bicyclic) bond motifs is 1. The Labute approximate surface area is 217 Å². The van der Waals surface area contributed by atoms with E-state index < -0.39 is 42.1 Å². The summed E-state index contributed by atoms with van der Waals surface area (Å²) >= 11 is 0. The smallest absolute Gasteiger partial charge is 0.246 e. The molecule has 0 aliphatic carbocycles. The number of carbonyl (C=O) groups excluding carboxylic acids is 5. The van der Waals surface area contributed by atoms with Crippen LogP contribution in [0.4, 0.5) is 0 Å². The topological polar surface area (TPSA) is 145 Å². The maximum atomic E-state index is 13.5. The molecule has 2 heterocycles. The molecule has 10 heteroatoms. The van der Waals surface area contributed by atoms with Crippen molar-refractivity contribution >= 4 is 29.4 Å². The van der Waals surface area contributed by atoms with E-state index in [0.29, 0.717) is 45.1 Å². The first kappa shape index (κ1) is 28.3. The lowest BCUT2D eigenvalue weighted by Crippen LogP contribution is -2.61. The van der Waals surface area contributed by atoms with E-state index in [1.807, 2.05) is 30.3 Å². The first-order valence-corrected chi connectivity index (χ1v) is 13.1. The van der Waals surface area contributed by atoms with Gasteiger partial charge in [-0.3, -0.25) is 24.0 Å². The minimum Gasteiger partial charge on any atom is -0.386 e. The molecule has 0 aromatic heterocycles. The van der Waals surface area contributed by atoms with E-state index in [4.69, 9.17) is 0 Å². The fourth-order valence-electron chi connectivity index (χ4n) is 4.80. The number of ketones is 1. The molecule has 0 bridgehead atoms. The molecule has 1 aromatic rings. The van der Waals surface area contributed by atoms with Crippen LogP contribution in [0.15, 0.2) is 30.3 Å². The summed E-state index contributed by atoms with van der Waals surface area (Å²) in [7, 11) is 0. The van der Waals surface area contributed by atoms with Crippen LogP contribution in [0.2, 0.25) is 0 Å². The lowest BCUT2D eigenvalue weighted by molar-refractivity contribution is -0.143. The van der Waals surface area contributed by atoms with Crippen LogP contribution < -0.4 is 16.0 Å². The summed E-state index contributed by atoms with van der Waals surface area (Å²) < 4.78 is 0. The Hall–Kier alpha value is -3.27. The number of Topliss-reactive ketones (excluding diaryl/α,β-unsaturated/α-hetero) is 1. The molecular weight excluding hydrogens is 476 g/mol. The van der Waals surface area contributed by atoms with Crippen molar-refractivity contribution in [2.24, 2.45) is 0 Å². The molecular formula is C27H38N4O6. The van der Waals surface area contributed by atoms with Gasteiger partial charge in [0.1, 0.15) is 30.3 Å². The van der Waals surface area contributed by atoms with Gasteiger partial charge in [-0.1, -0.05) is 43.2 Å². The maximum Gasteiger partial charge on any atom is 0.246 e. The summed E-state index contributed by atoms with van der Waals surface area (Å²) in [5.74, 6) is -1.86. The fourth-order valence-corrected chi connectivity index (χ4v) is 4.80. The molecule has 0 saturated carbocycles. The largest absolute Gasteiger partial charge is 0.386 e. The minimum absolute atomic E-state index is 0.228. The van der Waals surface area contributed by atoms with Crippen LogP contribution in [0.1, 0.15) is 64.4 Å². The fraction of sp³-hybridized carbons (Fsp3) is 0.593. The number of hydrogen-bond acceptors (Lipinski definition) is 6. The predicted octanol–water partition coefficient (Wildman–Crippen LogP) is 0.608. The third-order valence-electron chi connectivity index (χ3n) is 7.00.